The molecule has 126 valence electrons. The van der Waals surface area contributed by atoms with Crippen molar-refractivity contribution in [3.63, 3.8) is 0 Å². The van der Waals surface area contributed by atoms with Crippen LogP contribution in [0.15, 0.2) is 23.7 Å². The fourth-order valence-corrected chi connectivity index (χ4v) is 4.38. The van der Waals surface area contributed by atoms with Crippen LogP contribution in [0.25, 0.3) is 0 Å². The second-order valence-corrected chi connectivity index (χ2v) is 7.72. The van der Waals surface area contributed by atoms with Crippen LogP contribution in [0.5, 0.6) is 0 Å². The topological polar surface area (TPSA) is 58.4 Å². The molecule has 2 saturated heterocycles. The van der Waals surface area contributed by atoms with Gasteiger partial charge >= 0.3 is 0 Å². The van der Waals surface area contributed by atoms with Crippen LogP contribution in [0.2, 0.25) is 0 Å². The maximum atomic E-state index is 12.7. The molecule has 0 aliphatic carbocycles. The maximum absolute atomic E-state index is 12.7. The summed E-state index contributed by atoms with van der Waals surface area (Å²) >= 11 is 1.61. The first kappa shape index (κ1) is 15.4. The highest BCUT2D eigenvalue weighted by Crippen LogP contribution is 2.33. The molecule has 0 aromatic carbocycles. The molecule has 2 amide bonds. The number of likely N-dealkylation sites (tertiary alicyclic amines) is 2. The Kier molecular flexibility index (Phi) is 3.68. The number of amides is 2. The first-order valence-electron chi connectivity index (χ1n) is 8.13. The molecule has 24 heavy (non-hydrogen) atoms. The molecule has 0 saturated carbocycles. The van der Waals surface area contributed by atoms with Crippen molar-refractivity contribution >= 4 is 23.2 Å². The molecule has 2 atom stereocenters. The second-order valence-electron chi connectivity index (χ2n) is 6.66. The Hall–Kier alpha value is -2.15. The van der Waals surface area contributed by atoms with E-state index in [4.69, 9.17) is 0 Å². The van der Waals surface area contributed by atoms with E-state index < -0.39 is 0 Å². The van der Waals surface area contributed by atoms with Gasteiger partial charge in [-0.15, -0.1) is 11.3 Å². The van der Waals surface area contributed by atoms with Gasteiger partial charge in [-0.05, 0) is 19.1 Å². The number of fused-ring (bicyclic) bond motifs is 1. The van der Waals surface area contributed by atoms with Gasteiger partial charge < -0.3 is 14.4 Å². The van der Waals surface area contributed by atoms with Gasteiger partial charge in [-0.3, -0.25) is 9.59 Å². The molecule has 0 radical (unpaired) electrons. The van der Waals surface area contributed by atoms with Crippen molar-refractivity contribution in [2.24, 2.45) is 18.9 Å². The summed E-state index contributed by atoms with van der Waals surface area (Å²) in [5, 5.41) is 3.04. The quantitative estimate of drug-likeness (QED) is 0.848. The lowest BCUT2D eigenvalue weighted by Gasteiger charge is -2.21. The van der Waals surface area contributed by atoms with Crippen LogP contribution in [0.4, 0.5) is 0 Å². The second kappa shape index (κ2) is 5.73. The first-order chi connectivity index (χ1) is 11.5. The summed E-state index contributed by atoms with van der Waals surface area (Å²) in [6, 6.07) is 3.70. The Morgan fingerprint density at radius 2 is 2.21 bits per heavy atom. The van der Waals surface area contributed by atoms with E-state index in [1.54, 1.807) is 11.3 Å². The minimum absolute atomic E-state index is 0.0198. The van der Waals surface area contributed by atoms with Crippen molar-refractivity contribution in [3.8, 4) is 0 Å². The third-order valence-electron chi connectivity index (χ3n) is 4.99. The Morgan fingerprint density at radius 1 is 1.38 bits per heavy atom. The average molecular weight is 344 g/mol. The van der Waals surface area contributed by atoms with Crippen LogP contribution in [-0.4, -0.2) is 50.8 Å². The van der Waals surface area contributed by atoms with Crippen molar-refractivity contribution in [3.05, 3.63) is 40.1 Å². The number of carbonyl (C=O) groups is 2. The number of aromatic nitrogens is 2. The highest BCUT2D eigenvalue weighted by atomic mass is 32.1. The molecule has 6 nitrogen and oxygen atoms in total. The van der Waals surface area contributed by atoms with Gasteiger partial charge in [-0.25, -0.2) is 4.98 Å². The number of hydrogen-bond donors (Lipinski definition) is 0. The molecule has 0 unspecified atom stereocenters. The van der Waals surface area contributed by atoms with Crippen molar-refractivity contribution in [2.45, 2.75) is 13.5 Å². The number of nitrogens with zero attached hydrogens (tertiary/aromatic N) is 4. The number of aryl methyl sites for hydroxylation is 2. The van der Waals surface area contributed by atoms with E-state index >= 15 is 0 Å². The molecule has 0 spiro atoms. The Morgan fingerprint density at radius 3 is 2.83 bits per heavy atom. The standard InChI is InChI=1S/C17H20N4O2S/c1-11-18-13(10-24-11)8-20-6-12-7-21(9-14(12)16(20)22)17(23)15-4-3-5-19(15)2/h3-5,10,12,14H,6-9H2,1-2H3/t12-,14+/m1/s1. The lowest BCUT2D eigenvalue weighted by Crippen LogP contribution is -2.36. The van der Waals surface area contributed by atoms with Gasteiger partial charge in [0.1, 0.15) is 5.69 Å². The Labute approximate surface area is 144 Å². The van der Waals surface area contributed by atoms with Gasteiger partial charge in [-0.1, -0.05) is 0 Å². The summed E-state index contributed by atoms with van der Waals surface area (Å²) in [6.45, 7) is 4.47. The maximum Gasteiger partial charge on any atom is 0.270 e. The SMILES string of the molecule is Cc1nc(CN2C[C@@H]3CN(C(=O)c4cccn4C)C[C@@H]3C2=O)cs1. The largest absolute Gasteiger partial charge is 0.347 e. The highest BCUT2D eigenvalue weighted by molar-refractivity contribution is 7.09. The molecule has 0 bridgehead atoms. The van der Waals surface area contributed by atoms with E-state index in [1.165, 1.54) is 0 Å². The number of thiazole rings is 1. The van der Waals surface area contributed by atoms with E-state index in [0.717, 1.165) is 17.2 Å². The van der Waals surface area contributed by atoms with Crippen LogP contribution in [-0.2, 0) is 18.4 Å². The monoisotopic (exact) mass is 344 g/mol. The molecule has 4 heterocycles. The summed E-state index contributed by atoms with van der Waals surface area (Å²) in [7, 11) is 1.87. The summed E-state index contributed by atoms with van der Waals surface area (Å²) in [5.74, 6) is 0.356. The predicted octanol–water partition coefficient (Wildman–Crippen LogP) is 1.52. The van der Waals surface area contributed by atoms with Crippen LogP contribution >= 0.6 is 11.3 Å². The smallest absolute Gasteiger partial charge is 0.270 e. The van der Waals surface area contributed by atoms with Gasteiger partial charge in [0, 0.05) is 44.2 Å². The molecule has 0 N–H and O–H groups in total. The third-order valence-corrected chi connectivity index (χ3v) is 5.82. The van der Waals surface area contributed by atoms with Crippen LogP contribution < -0.4 is 0 Å². The fourth-order valence-electron chi connectivity index (χ4n) is 3.77. The summed E-state index contributed by atoms with van der Waals surface area (Å²) in [5.41, 5.74) is 1.64. The Bertz CT molecular complexity index is 796. The molecule has 2 aliphatic heterocycles. The van der Waals surface area contributed by atoms with Crippen LogP contribution in [0.3, 0.4) is 0 Å². The normalized spacial score (nSPS) is 23.2. The summed E-state index contributed by atoms with van der Waals surface area (Å²) in [6.07, 6.45) is 1.87. The number of hydrogen-bond acceptors (Lipinski definition) is 4. The Balaban J connectivity index is 1.43. The predicted molar refractivity (Wildman–Crippen MR) is 90.6 cm³/mol. The van der Waals surface area contributed by atoms with E-state index in [-0.39, 0.29) is 23.7 Å². The third kappa shape index (κ3) is 2.53. The molecule has 7 heteroatoms. The lowest BCUT2D eigenvalue weighted by atomic mass is 10.0. The van der Waals surface area contributed by atoms with E-state index in [0.29, 0.717) is 25.3 Å². The molecule has 2 aromatic heterocycles. The van der Waals surface area contributed by atoms with E-state index in [2.05, 4.69) is 4.98 Å². The van der Waals surface area contributed by atoms with Crippen LogP contribution in [0.1, 0.15) is 21.2 Å². The van der Waals surface area contributed by atoms with Gasteiger partial charge in [0.15, 0.2) is 0 Å². The molecule has 2 fully saturated rings. The zero-order valence-corrected chi connectivity index (χ0v) is 14.6. The fraction of sp³-hybridized carbons (Fsp3) is 0.471. The van der Waals surface area contributed by atoms with Crippen LogP contribution in [0, 0.1) is 18.8 Å². The van der Waals surface area contributed by atoms with Gasteiger partial charge in [0.05, 0.1) is 23.2 Å². The van der Waals surface area contributed by atoms with E-state index in [1.807, 2.05) is 52.0 Å². The average Bonchev–Trinajstić information content (AvgIpc) is 3.29. The van der Waals surface area contributed by atoms with Gasteiger partial charge in [0.25, 0.3) is 5.91 Å². The van der Waals surface area contributed by atoms with Gasteiger partial charge in [-0.2, -0.15) is 0 Å². The van der Waals surface area contributed by atoms with Crippen molar-refractivity contribution in [2.75, 3.05) is 19.6 Å². The number of carbonyl (C=O) groups excluding carboxylic acids is 2. The molecule has 4 rings (SSSR count). The summed E-state index contributed by atoms with van der Waals surface area (Å²) in [4.78, 5) is 33.5. The molecular weight excluding hydrogens is 324 g/mol. The van der Waals surface area contributed by atoms with Crippen molar-refractivity contribution < 1.29 is 9.59 Å². The zero-order chi connectivity index (χ0) is 16.8. The number of rotatable bonds is 3. The molecular formula is C17H20N4O2S. The van der Waals surface area contributed by atoms with Crippen molar-refractivity contribution in [1.82, 2.24) is 19.4 Å². The van der Waals surface area contributed by atoms with Gasteiger partial charge in [0.2, 0.25) is 5.91 Å². The molecule has 2 aromatic rings. The molecule has 2 aliphatic rings. The zero-order valence-electron chi connectivity index (χ0n) is 13.8. The lowest BCUT2D eigenvalue weighted by molar-refractivity contribution is -0.131. The van der Waals surface area contributed by atoms with E-state index in [9.17, 15) is 9.59 Å². The van der Waals surface area contributed by atoms with Crippen molar-refractivity contribution in [1.29, 1.82) is 0 Å². The summed E-state index contributed by atoms with van der Waals surface area (Å²) < 4.78 is 1.83. The highest BCUT2D eigenvalue weighted by Gasteiger charge is 2.47. The first-order valence-corrected chi connectivity index (χ1v) is 9.01. The minimum atomic E-state index is -0.0612. The minimum Gasteiger partial charge on any atom is -0.347 e.